The molecule has 33 heavy (non-hydrogen) atoms. The summed E-state index contributed by atoms with van der Waals surface area (Å²) in [6, 6.07) is 9.56. The number of ether oxygens (including phenoxy) is 2. The molecular weight excluding hydrogens is 446 g/mol. The minimum absolute atomic E-state index is 0.0282. The predicted octanol–water partition coefficient (Wildman–Crippen LogP) is 2.39. The number of hydrogen-bond donors (Lipinski definition) is 3. The molecule has 2 amide bonds. The molecule has 2 atom stereocenters. The van der Waals surface area contributed by atoms with E-state index in [2.05, 4.69) is 21.7 Å². The SMILES string of the molecule is N[C@H]1c2cccc(Cl)c2C[C@@H]1CNC1CC2(C1)CN(c1ccc3c(n1)NC(=O)CO3)C(=O)O2. The number of nitrogens with zero attached hydrogens (tertiary/aromatic N) is 2. The Kier molecular flexibility index (Phi) is 4.76. The lowest BCUT2D eigenvalue weighted by atomic mass is 9.75. The average Bonchev–Trinajstić information content (AvgIpc) is 3.29. The maximum absolute atomic E-state index is 12.6. The van der Waals surface area contributed by atoms with Crippen LogP contribution in [0, 0.1) is 5.92 Å². The van der Waals surface area contributed by atoms with Gasteiger partial charge < -0.3 is 25.8 Å². The zero-order chi connectivity index (χ0) is 22.7. The van der Waals surface area contributed by atoms with Crippen LogP contribution < -0.4 is 26.0 Å². The Bertz CT molecular complexity index is 1150. The molecule has 4 aliphatic rings. The van der Waals surface area contributed by atoms with Crippen molar-refractivity contribution >= 4 is 35.2 Å². The minimum atomic E-state index is -0.518. The predicted molar refractivity (Wildman–Crippen MR) is 122 cm³/mol. The lowest BCUT2D eigenvalue weighted by Gasteiger charge is -2.43. The van der Waals surface area contributed by atoms with Crippen molar-refractivity contribution in [3.8, 4) is 5.75 Å². The third-order valence-electron chi connectivity index (χ3n) is 7.10. The van der Waals surface area contributed by atoms with Crippen molar-refractivity contribution in [3.05, 3.63) is 46.5 Å². The standard InChI is InChI=1S/C23H24ClN5O4/c24-16-3-1-2-14-15(16)6-12(20(14)25)9-26-13-7-23(8-13)11-29(22(31)33-23)18-5-4-17-21(27-18)28-19(30)10-32-17/h1-5,12-13,20,26H,6-11,25H2,(H,27,28,30)/t12-,13?,20-,23?/m1/s1. The van der Waals surface area contributed by atoms with Gasteiger partial charge in [0.15, 0.2) is 18.2 Å². The van der Waals surface area contributed by atoms with Crippen LogP contribution in [0.1, 0.15) is 30.0 Å². The molecule has 3 heterocycles. The van der Waals surface area contributed by atoms with Gasteiger partial charge in [-0.2, -0.15) is 0 Å². The minimum Gasteiger partial charge on any atom is -0.480 e. The molecule has 0 unspecified atom stereocenters. The van der Waals surface area contributed by atoms with Gasteiger partial charge in [-0.15, -0.1) is 0 Å². The Labute approximate surface area is 195 Å². The Morgan fingerprint density at radius 1 is 1.27 bits per heavy atom. The number of fused-ring (bicyclic) bond motifs is 2. The van der Waals surface area contributed by atoms with Gasteiger partial charge >= 0.3 is 6.09 Å². The van der Waals surface area contributed by atoms with Crippen molar-refractivity contribution < 1.29 is 19.1 Å². The number of aromatic nitrogens is 1. The number of rotatable bonds is 4. The number of hydrogen-bond acceptors (Lipinski definition) is 7. The first-order chi connectivity index (χ1) is 15.9. The van der Waals surface area contributed by atoms with E-state index in [-0.39, 0.29) is 30.5 Å². The molecule has 1 aromatic carbocycles. The fraction of sp³-hybridized carbons (Fsp3) is 0.435. The molecule has 1 saturated heterocycles. The summed E-state index contributed by atoms with van der Waals surface area (Å²) < 4.78 is 11.1. The first-order valence-corrected chi connectivity index (χ1v) is 11.5. The number of amides is 2. The number of nitrogens with two attached hydrogens (primary N) is 1. The second kappa shape index (κ2) is 7.58. The number of halogens is 1. The molecule has 0 bridgehead atoms. The molecule has 4 N–H and O–H groups in total. The van der Waals surface area contributed by atoms with Crippen molar-refractivity contribution in [2.75, 3.05) is 29.9 Å². The highest BCUT2D eigenvalue weighted by Crippen LogP contribution is 2.44. The van der Waals surface area contributed by atoms with E-state index in [9.17, 15) is 9.59 Å². The third-order valence-corrected chi connectivity index (χ3v) is 7.46. The van der Waals surface area contributed by atoms with E-state index in [0.29, 0.717) is 23.9 Å². The summed E-state index contributed by atoms with van der Waals surface area (Å²) in [5.74, 6) is 1.26. The van der Waals surface area contributed by atoms with Crippen molar-refractivity contribution in [2.24, 2.45) is 11.7 Å². The molecule has 2 aromatic rings. The number of carbonyl (C=O) groups excluding carboxylic acids is 2. The van der Waals surface area contributed by atoms with Gasteiger partial charge in [-0.3, -0.25) is 9.69 Å². The van der Waals surface area contributed by atoms with Crippen LogP contribution in [0.3, 0.4) is 0 Å². The zero-order valence-corrected chi connectivity index (χ0v) is 18.6. The van der Waals surface area contributed by atoms with Crippen LogP contribution >= 0.6 is 11.6 Å². The number of anilines is 2. The second-order valence-corrected chi connectivity index (χ2v) is 9.71. The van der Waals surface area contributed by atoms with Crippen LogP contribution in [-0.2, 0) is 16.0 Å². The molecule has 2 fully saturated rings. The Morgan fingerprint density at radius 2 is 2.12 bits per heavy atom. The van der Waals surface area contributed by atoms with Crippen LogP contribution in [0.15, 0.2) is 30.3 Å². The molecule has 10 heteroatoms. The first kappa shape index (κ1) is 20.7. The van der Waals surface area contributed by atoms with Gasteiger partial charge in [-0.1, -0.05) is 23.7 Å². The van der Waals surface area contributed by atoms with Gasteiger partial charge in [0.1, 0.15) is 11.4 Å². The molecule has 6 rings (SSSR count). The summed E-state index contributed by atoms with van der Waals surface area (Å²) >= 11 is 6.35. The smallest absolute Gasteiger partial charge is 0.416 e. The normalized spacial score (nSPS) is 29.8. The lowest BCUT2D eigenvalue weighted by Crippen LogP contribution is -2.56. The van der Waals surface area contributed by atoms with E-state index >= 15 is 0 Å². The van der Waals surface area contributed by atoms with Crippen LogP contribution in [0.25, 0.3) is 0 Å². The highest BCUT2D eigenvalue weighted by atomic mass is 35.5. The molecule has 9 nitrogen and oxygen atoms in total. The van der Waals surface area contributed by atoms with E-state index in [1.807, 2.05) is 12.1 Å². The Balaban J connectivity index is 1.06. The lowest BCUT2D eigenvalue weighted by molar-refractivity contribution is -0.118. The van der Waals surface area contributed by atoms with Gasteiger partial charge in [-0.25, -0.2) is 9.78 Å². The van der Waals surface area contributed by atoms with Gasteiger partial charge in [0.25, 0.3) is 5.91 Å². The van der Waals surface area contributed by atoms with E-state index in [1.165, 1.54) is 4.90 Å². The highest BCUT2D eigenvalue weighted by Gasteiger charge is 2.55. The second-order valence-electron chi connectivity index (χ2n) is 9.30. The molecule has 1 saturated carbocycles. The zero-order valence-electron chi connectivity index (χ0n) is 17.8. The number of pyridine rings is 1. The molecular formula is C23H24ClN5O4. The number of benzene rings is 1. The molecule has 2 aliphatic carbocycles. The van der Waals surface area contributed by atoms with Gasteiger partial charge in [0.05, 0.1) is 6.54 Å². The molecule has 2 aliphatic heterocycles. The van der Waals surface area contributed by atoms with E-state index in [0.717, 1.165) is 42.0 Å². The summed E-state index contributed by atoms with van der Waals surface area (Å²) in [4.78, 5) is 30.1. The fourth-order valence-corrected chi connectivity index (χ4v) is 5.62. The van der Waals surface area contributed by atoms with Crippen molar-refractivity contribution in [3.63, 3.8) is 0 Å². The maximum Gasteiger partial charge on any atom is 0.416 e. The van der Waals surface area contributed by atoms with Gasteiger partial charge in [-0.05, 0) is 41.7 Å². The number of nitrogens with one attached hydrogen (secondary N) is 2. The Hall–Kier alpha value is -2.88. The fourth-order valence-electron chi connectivity index (χ4n) is 5.36. The maximum atomic E-state index is 12.6. The van der Waals surface area contributed by atoms with Crippen LogP contribution in [-0.4, -0.2) is 48.3 Å². The van der Waals surface area contributed by atoms with E-state index in [1.54, 1.807) is 12.1 Å². The summed E-state index contributed by atoms with van der Waals surface area (Å²) in [6.45, 7) is 1.17. The van der Waals surface area contributed by atoms with Crippen molar-refractivity contribution in [1.82, 2.24) is 10.3 Å². The quantitative estimate of drug-likeness (QED) is 0.629. The van der Waals surface area contributed by atoms with Gasteiger partial charge in [0.2, 0.25) is 0 Å². The first-order valence-electron chi connectivity index (χ1n) is 11.1. The largest absolute Gasteiger partial charge is 0.480 e. The topological polar surface area (TPSA) is 119 Å². The third kappa shape index (κ3) is 3.51. The summed E-state index contributed by atoms with van der Waals surface area (Å²) in [6.07, 6.45) is 1.91. The molecule has 1 aromatic heterocycles. The molecule has 1 spiro atoms. The molecule has 0 radical (unpaired) electrons. The van der Waals surface area contributed by atoms with Crippen molar-refractivity contribution in [1.29, 1.82) is 0 Å². The van der Waals surface area contributed by atoms with Crippen LogP contribution in [0.2, 0.25) is 5.02 Å². The average molecular weight is 470 g/mol. The summed E-state index contributed by atoms with van der Waals surface area (Å²) in [5, 5.41) is 7.05. The van der Waals surface area contributed by atoms with Crippen LogP contribution in [0.5, 0.6) is 5.75 Å². The van der Waals surface area contributed by atoms with Crippen LogP contribution in [0.4, 0.5) is 16.4 Å². The van der Waals surface area contributed by atoms with E-state index in [4.69, 9.17) is 26.8 Å². The number of carbonyl (C=O) groups is 2. The van der Waals surface area contributed by atoms with E-state index < -0.39 is 11.7 Å². The van der Waals surface area contributed by atoms with Gasteiger partial charge in [0, 0.05) is 36.5 Å². The summed E-state index contributed by atoms with van der Waals surface area (Å²) in [7, 11) is 0. The van der Waals surface area contributed by atoms with Crippen molar-refractivity contribution in [2.45, 2.75) is 36.9 Å². The monoisotopic (exact) mass is 469 g/mol. The summed E-state index contributed by atoms with van der Waals surface area (Å²) in [5.41, 5.74) is 8.24. The Morgan fingerprint density at radius 3 is 2.94 bits per heavy atom. The molecule has 172 valence electrons. The highest BCUT2D eigenvalue weighted by molar-refractivity contribution is 6.31.